The first-order valence-corrected chi connectivity index (χ1v) is 10.2. The minimum Gasteiger partial charge on any atom is -0.489 e. The van der Waals surface area contributed by atoms with Crippen molar-refractivity contribution in [2.45, 2.75) is 11.5 Å². The van der Waals surface area contributed by atoms with E-state index in [9.17, 15) is 8.42 Å². The molecule has 0 saturated carbocycles. The second-order valence-electron chi connectivity index (χ2n) is 5.69. The van der Waals surface area contributed by atoms with E-state index in [1.54, 1.807) is 48.5 Å². The van der Waals surface area contributed by atoms with Crippen molar-refractivity contribution in [3.05, 3.63) is 88.9 Å². The summed E-state index contributed by atoms with van der Waals surface area (Å²) in [6, 6.07) is 23.4. The molecule has 0 aliphatic rings. The van der Waals surface area contributed by atoms with E-state index in [1.165, 1.54) is 11.4 Å². The Kier molecular flexibility index (Phi) is 5.64. The maximum absolute atomic E-state index is 12.7. The molecular formula is C20H18BrNO3S. The monoisotopic (exact) mass is 431 g/mol. The van der Waals surface area contributed by atoms with E-state index in [0.29, 0.717) is 18.0 Å². The predicted octanol–water partition coefficient (Wildman–Crippen LogP) is 4.85. The van der Waals surface area contributed by atoms with Gasteiger partial charge in [-0.15, -0.1) is 0 Å². The summed E-state index contributed by atoms with van der Waals surface area (Å²) >= 11 is 3.31. The van der Waals surface area contributed by atoms with Crippen molar-refractivity contribution in [3.8, 4) is 5.75 Å². The molecule has 0 aromatic heterocycles. The van der Waals surface area contributed by atoms with Crippen molar-refractivity contribution in [2.75, 3.05) is 11.4 Å². The molecule has 0 radical (unpaired) electrons. The Labute approximate surface area is 162 Å². The Morgan fingerprint density at radius 2 is 1.50 bits per heavy atom. The van der Waals surface area contributed by atoms with Crippen LogP contribution in [0.3, 0.4) is 0 Å². The fourth-order valence-corrected chi connectivity index (χ4v) is 3.86. The molecule has 3 aromatic rings. The smallest absolute Gasteiger partial charge is 0.264 e. The van der Waals surface area contributed by atoms with Gasteiger partial charge in [-0.05, 0) is 54.1 Å². The molecule has 4 nitrogen and oxygen atoms in total. The lowest BCUT2D eigenvalue weighted by Crippen LogP contribution is -2.26. The van der Waals surface area contributed by atoms with Gasteiger partial charge in [-0.3, -0.25) is 4.31 Å². The maximum atomic E-state index is 12.7. The number of benzene rings is 3. The molecule has 0 spiro atoms. The van der Waals surface area contributed by atoms with E-state index in [0.717, 1.165) is 10.0 Å². The van der Waals surface area contributed by atoms with Gasteiger partial charge < -0.3 is 4.74 Å². The van der Waals surface area contributed by atoms with Gasteiger partial charge in [0, 0.05) is 11.5 Å². The number of anilines is 1. The summed E-state index contributed by atoms with van der Waals surface area (Å²) in [7, 11) is -2.07. The largest absolute Gasteiger partial charge is 0.489 e. The van der Waals surface area contributed by atoms with Crippen LogP contribution < -0.4 is 9.04 Å². The molecule has 0 unspecified atom stereocenters. The van der Waals surface area contributed by atoms with Gasteiger partial charge in [-0.1, -0.05) is 46.3 Å². The highest BCUT2D eigenvalue weighted by molar-refractivity contribution is 9.10. The highest BCUT2D eigenvalue weighted by Gasteiger charge is 2.21. The van der Waals surface area contributed by atoms with Crippen LogP contribution in [0.1, 0.15) is 5.56 Å². The van der Waals surface area contributed by atoms with Crippen LogP contribution in [0, 0.1) is 0 Å². The first-order chi connectivity index (χ1) is 12.5. The number of nitrogens with zero attached hydrogens (tertiary/aromatic N) is 1. The van der Waals surface area contributed by atoms with Crippen molar-refractivity contribution >= 4 is 31.6 Å². The minimum atomic E-state index is -3.61. The lowest BCUT2D eigenvalue weighted by Gasteiger charge is -2.20. The van der Waals surface area contributed by atoms with Crippen LogP contribution in [0.5, 0.6) is 5.75 Å². The SMILES string of the molecule is CN(c1ccc(OCc2ccccc2)cc1)S(=O)(=O)c1ccc(Br)cc1. The van der Waals surface area contributed by atoms with E-state index in [-0.39, 0.29) is 4.90 Å². The van der Waals surface area contributed by atoms with Crippen LogP contribution in [0.25, 0.3) is 0 Å². The second kappa shape index (κ2) is 7.93. The van der Waals surface area contributed by atoms with E-state index in [1.807, 2.05) is 30.3 Å². The van der Waals surface area contributed by atoms with Crippen LogP contribution >= 0.6 is 15.9 Å². The van der Waals surface area contributed by atoms with Crippen LogP contribution in [0.4, 0.5) is 5.69 Å². The third-order valence-corrected chi connectivity index (χ3v) is 6.25. The third-order valence-electron chi connectivity index (χ3n) is 3.92. The molecule has 3 aromatic carbocycles. The summed E-state index contributed by atoms with van der Waals surface area (Å²) in [5, 5.41) is 0. The molecule has 0 aliphatic heterocycles. The zero-order valence-electron chi connectivity index (χ0n) is 14.2. The van der Waals surface area contributed by atoms with Crippen LogP contribution in [-0.2, 0) is 16.6 Å². The Balaban J connectivity index is 1.72. The average molecular weight is 432 g/mol. The summed E-state index contributed by atoms with van der Waals surface area (Å²) in [5.74, 6) is 0.687. The molecule has 0 fully saturated rings. The summed E-state index contributed by atoms with van der Waals surface area (Å²) < 4.78 is 33.3. The van der Waals surface area contributed by atoms with Crippen molar-refractivity contribution in [1.29, 1.82) is 0 Å². The highest BCUT2D eigenvalue weighted by atomic mass is 79.9. The Morgan fingerprint density at radius 3 is 2.12 bits per heavy atom. The molecule has 3 rings (SSSR count). The van der Waals surface area contributed by atoms with Gasteiger partial charge in [0.05, 0.1) is 10.6 Å². The highest BCUT2D eigenvalue weighted by Crippen LogP contribution is 2.25. The van der Waals surface area contributed by atoms with Crippen molar-refractivity contribution < 1.29 is 13.2 Å². The van der Waals surface area contributed by atoms with Crippen LogP contribution in [0.15, 0.2) is 88.2 Å². The minimum absolute atomic E-state index is 0.243. The normalized spacial score (nSPS) is 11.2. The van der Waals surface area contributed by atoms with Crippen molar-refractivity contribution in [1.82, 2.24) is 0 Å². The lowest BCUT2D eigenvalue weighted by atomic mass is 10.2. The molecule has 0 aliphatic carbocycles. The Hall–Kier alpha value is -2.31. The van der Waals surface area contributed by atoms with Gasteiger partial charge in [0.1, 0.15) is 12.4 Å². The maximum Gasteiger partial charge on any atom is 0.264 e. The van der Waals surface area contributed by atoms with Crippen molar-refractivity contribution in [2.24, 2.45) is 0 Å². The second-order valence-corrected chi connectivity index (χ2v) is 8.58. The third kappa shape index (κ3) is 4.26. The quantitative estimate of drug-likeness (QED) is 0.559. The van der Waals surface area contributed by atoms with Gasteiger partial charge in [0.25, 0.3) is 10.0 Å². The van der Waals surface area contributed by atoms with Crippen LogP contribution in [0.2, 0.25) is 0 Å². The zero-order chi connectivity index (χ0) is 18.6. The molecule has 0 heterocycles. The number of sulfonamides is 1. The molecule has 0 bridgehead atoms. The van der Waals surface area contributed by atoms with E-state index >= 15 is 0 Å². The van der Waals surface area contributed by atoms with E-state index in [4.69, 9.17) is 4.74 Å². The van der Waals surface area contributed by atoms with Gasteiger partial charge in [0.2, 0.25) is 0 Å². The number of ether oxygens (including phenoxy) is 1. The fraction of sp³-hybridized carbons (Fsp3) is 0.100. The molecule has 6 heteroatoms. The van der Waals surface area contributed by atoms with Gasteiger partial charge >= 0.3 is 0 Å². The fourth-order valence-electron chi connectivity index (χ4n) is 2.40. The molecule has 0 atom stereocenters. The first kappa shape index (κ1) is 18.5. The predicted molar refractivity (Wildman–Crippen MR) is 107 cm³/mol. The molecule has 0 amide bonds. The summed E-state index contributed by atoms with van der Waals surface area (Å²) in [5.41, 5.74) is 1.64. The molecule has 134 valence electrons. The summed E-state index contributed by atoms with van der Waals surface area (Å²) in [6.07, 6.45) is 0. The van der Waals surface area contributed by atoms with Gasteiger partial charge in [0.15, 0.2) is 0 Å². The first-order valence-electron chi connectivity index (χ1n) is 7.98. The lowest BCUT2D eigenvalue weighted by molar-refractivity contribution is 0.306. The molecular weight excluding hydrogens is 414 g/mol. The van der Waals surface area contributed by atoms with Gasteiger partial charge in [-0.2, -0.15) is 0 Å². The number of hydrogen-bond acceptors (Lipinski definition) is 3. The van der Waals surface area contributed by atoms with Crippen LogP contribution in [-0.4, -0.2) is 15.5 Å². The molecule has 26 heavy (non-hydrogen) atoms. The number of rotatable bonds is 6. The van der Waals surface area contributed by atoms with E-state index < -0.39 is 10.0 Å². The zero-order valence-corrected chi connectivity index (χ0v) is 16.6. The summed E-state index contributed by atoms with van der Waals surface area (Å²) in [4.78, 5) is 0.243. The molecule has 0 N–H and O–H groups in total. The van der Waals surface area contributed by atoms with Gasteiger partial charge in [-0.25, -0.2) is 8.42 Å². The average Bonchev–Trinajstić information content (AvgIpc) is 2.67. The number of halogens is 1. The standard InChI is InChI=1S/C20H18BrNO3S/c1-22(26(23,24)20-13-7-17(21)8-14-20)18-9-11-19(12-10-18)25-15-16-5-3-2-4-6-16/h2-14H,15H2,1H3. The topological polar surface area (TPSA) is 46.6 Å². The summed E-state index contributed by atoms with van der Waals surface area (Å²) in [6.45, 7) is 0.465. The van der Waals surface area contributed by atoms with Crippen molar-refractivity contribution in [3.63, 3.8) is 0 Å². The number of hydrogen-bond donors (Lipinski definition) is 0. The Bertz CT molecular complexity index is 956. The van der Waals surface area contributed by atoms with E-state index in [2.05, 4.69) is 15.9 Å². The Morgan fingerprint density at radius 1 is 0.885 bits per heavy atom. The molecule has 0 saturated heterocycles.